The predicted octanol–water partition coefficient (Wildman–Crippen LogP) is 2.40. The summed E-state index contributed by atoms with van der Waals surface area (Å²) in [6, 6.07) is 5.22. The van der Waals surface area contributed by atoms with Gasteiger partial charge in [0.2, 0.25) is 0 Å². The number of nitrogens with zero attached hydrogens (tertiary/aromatic N) is 1. The molecule has 0 bridgehead atoms. The second-order valence-electron chi connectivity index (χ2n) is 4.76. The van der Waals surface area contributed by atoms with Crippen LogP contribution >= 0.6 is 0 Å². The normalized spacial score (nSPS) is 13.8. The van der Waals surface area contributed by atoms with Gasteiger partial charge < -0.3 is 19.5 Å². The molecule has 1 aromatic carbocycles. The van der Waals surface area contributed by atoms with Gasteiger partial charge in [-0.25, -0.2) is 4.79 Å². The summed E-state index contributed by atoms with van der Waals surface area (Å²) in [5.41, 5.74) is 1.06. The van der Waals surface area contributed by atoms with Crippen molar-refractivity contribution in [2.75, 3.05) is 37.8 Å². The second-order valence-corrected chi connectivity index (χ2v) is 4.76. The number of ether oxygens (including phenoxy) is 2. The predicted molar refractivity (Wildman–Crippen MR) is 76.8 cm³/mol. The van der Waals surface area contributed by atoms with E-state index in [0.717, 1.165) is 38.2 Å². The molecule has 0 unspecified atom stereocenters. The lowest BCUT2D eigenvalue weighted by Gasteiger charge is -2.31. The second kappa shape index (κ2) is 7.14. The highest BCUT2D eigenvalue weighted by molar-refractivity contribution is 5.93. The quantitative estimate of drug-likeness (QED) is 0.777. The summed E-state index contributed by atoms with van der Waals surface area (Å²) < 4.78 is 11.1. The van der Waals surface area contributed by atoms with Crippen LogP contribution in [-0.2, 0) is 4.74 Å². The van der Waals surface area contributed by atoms with Gasteiger partial charge in [0.15, 0.2) is 5.75 Å². The highest BCUT2D eigenvalue weighted by Crippen LogP contribution is 2.34. The maximum atomic E-state index is 11.2. The highest BCUT2D eigenvalue weighted by atomic mass is 16.5. The molecule has 0 atom stereocenters. The molecule has 0 spiro atoms. The summed E-state index contributed by atoms with van der Waals surface area (Å²) in [7, 11) is 0. The molecule has 0 aromatic heterocycles. The molecule has 0 saturated carbocycles. The third-order valence-corrected chi connectivity index (χ3v) is 3.32. The molecule has 20 heavy (non-hydrogen) atoms. The maximum absolute atomic E-state index is 11.2. The van der Waals surface area contributed by atoms with Crippen molar-refractivity contribution >= 4 is 11.7 Å². The van der Waals surface area contributed by atoms with Gasteiger partial charge in [-0.1, -0.05) is 19.4 Å². The molecule has 1 aliphatic rings. The van der Waals surface area contributed by atoms with Gasteiger partial charge in [-0.05, 0) is 18.6 Å². The van der Waals surface area contributed by atoms with E-state index in [0.29, 0.717) is 19.0 Å². The Balaban J connectivity index is 2.01. The number of hydrogen-bond donors (Lipinski definition) is 1. The minimum atomic E-state index is -0.956. The van der Waals surface area contributed by atoms with Gasteiger partial charge in [-0.2, -0.15) is 0 Å². The molecule has 5 heteroatoms. The molecule has 1 aliphatic heterocycles. The van der Waals surface area contributed by atoms with Crippen LogP contribution in [0.3, 0.4) is 0 Å². The fourth-order valence-corrected chi connectivity index (χ4v) is 2.23. The van der Waals surface area contributed by atoms with Crippen LogP contribution in [0.4, 0.5) is 5.69 Å². The molecule has 5 nitrogen and oxygen atoms in total. The van der Waals surface area contributed by atoms with Gasteiger partial charge in [-0.3, -0.25) is 0 Å². The first kappa shape index (κ1) is 14.7. The van der Waals surface area contributed by atoms with Crippen LogP contribution in [0, 0.1) is 0 Å². The Labute approximate surface area is 119 Å². The average molecular weight is 279 g/mol. The molecule has 2 rings (SSSR count). The smallest absolute Gasteiger partial charge is 0.339 e. The highest BCUT2D eigenvalue weighted by Gasteiger charge is 2.23. The average Bonchev–Trinajstić information content (AvgIpc) is 2.46. The van der Waals surface area contributed by atoms with Crippen molar-refractivity contribution in [2.45, 2.75) is 19.8 Å². The number of carboxylic acids is 1. The van der Waals surface area contributed by atoms with E-state index < -0.39 is 5.97 Å². The van der Waals surface area contributed by atoms with E-state index >= 15 is 0 Å². The van der Waals surface area contributed by atoms with E-state index in [-0.39, 0.29) is 5.56 Å². The maximum Gasteiger partial charge on any atom is 0.339 e. The number of benzene rings is 1. The molecule has 0 radical (unpaired) electrons. The zero-order valence-corrected chi connectivity index (χ0v) is 11.8. The monoisotopic (exact) mass is 279 g/mol. The van der Waals surface area contributed by atoms with Crippen molar-refractivity contribution in [2.24, 2.45) is 0 Å². The van der Waals surface area contributed by atoms with E-state index in [1.165, 1.54) is 0 Å². The fraction of sp³-hybridized carbons (Fsp3) is 0.533. The van der Waals surface area contributed by atoms with E-state index in [2.05, 4.69) is 11.8 Å². The number of anilines is 1. The molecule has 0 amide bonds. The number of carboxylic acid groups (broad SMARTS) is 1. The first-order chi connectivity index (χ1) is 9.74. The third kappa shape index (κ3) is 3.42. The zero-order chi connectivity index (χ0) is 14.4. The Hall–Kier alpha value is -1.75. The number of unbranched alkanes of at least 4 members (excludes halogenated alkanes) is 1. The summed E-state index contributed by atoms with van der Waals surface area (Å²) in [5, 5.41) is 9.18. The zero-order valence-electron chi connectivity index (χ0n) is 11.8. The first-order valence-electron chi connectivity index (χ1n) is 7.06. The van der Waals surface area contributed by atoms with Crippen molar-refractivity contribution in [1.82, 2.24) is 0 Å². The summed E-state index contributed by atoms with van der Waals surface area (Å²) in [6.07, 6.45) is 2.20. The molecule has 1 N–H and O–H groups in total. The van der Waals surface area contributed by atoms with E-state index in [1.54, 1.807) is 12.1 Å². The first-order valence-corrected chi connectivity index (χ1v) is 7.06. The van der Waals surface area contributed by atoms with Crippen LogP contribution in [0.5, 0.6) is 5.75 Å². The van der Waals surface area contributed by atoms with Crippen molar-refractivity contribution in [1.29, 1.82) is 0 Å². The van der Waals surface area contributed by atoms with Crippen LogP contribution in [0.1, 0.15) is 30.1 Å². The van der Waals surface area contributed by atoms with E-state index in [1.807, 2.05) is 6.07 Å². The number of fused-ring (bicyclic) bond motifs is 1. The van der Waals surface area contributed by atoms with Gasteiger partial charge in [0, 0.05) is 13.2 Å². The lowest BCUT2D eigenvalue weighted by atomic mass is 10.1. The van der Waals surface area contributed by atoms with Gasteiger partial charge in [0.25, 0.3) is 0 Å². The number of para-hydroxylation sites is 1. The van der Waals surface area contributed by atoms with Crippen LogP contribution in [-0.4, -0.2) is 44.0 Å². The SMILES string of the molecule is CCCCOCCN1CCOc2c(C(=O)O)cccc21. The number of rotatable bonds is 7. The van der Waals surface area contributed by atoms with Crippen molar-refractivity contribution in [3.05, 3.63) is 23.8 Å². The largest absolute Gasteiger partial charge is 0.489 e. The number of hydrogen-bond acceptors (Lipinski definition) is 4. The Bertz CT molecular complexity index is 461. The van der Waals surface area contributed by atoms with Gasteiger partial charge in [-0.15, -0.1) is 0 Å². The third-order valence-electron chi connectivity index (χ3n) is 3.32. The molecule has 0 aliphatic carbocycles. The number of aromatic carboxylic acids is 1. The molecular weight excluding hydrogens is 258 g/mol. The summed E-state index contributed by atoms with van der Waals surface area (Å²) in [4.78, 5) is 13.3. The lowest BCUT2D eigenvalue weighted by molar-refractivity contribution is 0.0692. The van der Waals surface area contributed by atoms with Crippen LogP contribution in [0.2, 0.25) is 0 Å². The van der Waals surface area contributed by atoms with E-state index in [9.17, 15) is 9.90 Å². The van der Waals surface area contributed by atoms with Crippen LogP contribution in [0.25, 0.3) is 0 Å². The summed E-state index contributed by atoms with van der Waals surface area (Å²) >= 11 is 0. The molecule has 0 fully saturated rings. The summed E-state index contributed by atoms with van der Waals surface area (Å²) in [5.74, 6) is -0.484. The van der Waals surface area contributed by atoms with Crippen molar-refractivity contribution < 1.29 is 19.4 Å². The number of carbonyl (C=O) groups is 1. The van der Waals surface area contributed by atoms with Gasteiger partial charge in [0.05, 0.1) is 18.8 Å². The molecule has 110 valence electrons. The van der Waals surface area contributed by atoms with Gasteiger partial charge in [0.1, 0.15) is 12.2 Å². The minimum absolute atomic E-state index is 0.221. The van der Waals surface area contributed by atoms with Crippen LogP contribution in [0.15, 0.2) is 18.2 Å². The standard InChI is InChI=1S/C15H21NO4/c1-2-3-9-19-10-7-16-8-11-20-14-12(15(17)18)5-4-6-13(14)16/h4-6H,2-3,7-11H2,1H3,(H,17,18). The lowest BCUT2D eigenvalue weighted by Crippen LogP contribution is -2.35. The van der Waals surface area contributed by atoms with E-state index in [4.69, 9.17) is 9.47 Å². The molecule has 1 heterocycles. The van der Waals surface area contributed by atoms with Crippen LogP contribution < -0.4 is 9.64 Å². The Morgan fingerprint density at radius 2 is 2.30 bits per heavy atom. The van der Waals surface area contributed by atoms with Gasteiger partial charge >= 0.3 is 5.97 Å². The Morgan fingerprint density at radius 3 is 3.05 bits per heavy atom. The minimum Gasteiger partial charge on any atom is -0.489 e. The topological polar surface area (TPSA) is 59.0 Å². The molecule has 0 saturated heterocycles. The Kier molecular flexibility index (Phi) is 5.24. The summed E-state index contributed by atoms with van der Waals surface area (Å²) in [6.45, 7) is 5.58. The van der Waals surface area contributed by atoms with Crippen molar-refractivity contribution in [3.8, 4) is 5.75 Å². The van der Waals surface area contributed by atoms with Crippen molar-refractivity contribution in [3.63, 3.8) is 0 Å². The molecular formula is C15H21NO4. The Morgan fingerprint density at radius 1 is 1.45 bits per heavy atom. The molecule has 1 aromatic rings. The fourth-order valence-electron chi connectivity index (χ4n) is 2.23.